The predicted octanol–water partition coefficient (Wildman–Crippen LogP) is 4.75. The molecule has 5 heteroatoms. The molecule has 3 aromatic rings. The molecule has 0 spiro atoms. The van der Waals surface area contributed by atoms with Gasteiger partial charge in [0, 0.05) is 12.0 Å². The summed E-state index contributed by atoms with van der Waals surface area (Å²) in [5.41, 5.74) is 6.38. The van der Waals surface area contributed by atoms with Crippen LogP contribution >= 0.6 is 0 Å². The molecule has 3 rings (SSSR count). The summed E-state index contributed by atoms with van der Waals surface area (Å²) >= 11 is 0. The molecule has 154 valence electrons. The number of hydrogen-bond donors (Lipinski definition) is 1. The first-order valence-corrected chi connectivity index (χ1v) is 9.88. The van der Waals surface area contributed by atoms with Gasteiger partial charge in [0.2, 0.25) is 5.91 Å². The summed E-state index contributed by atoms with van der Waals surface area (Å²) < 4.78 is 11.4. The molecule has 0 aliphatic heterocycles. The Morgan fingerprint density at radius 3 is 2.23 bits per heavy atom. The molecule has 0 saturated heterocycles. The number of carbonyl (C=O) groups is 1. The molecule has 0 atom stereocenters. The van der Waals surface area contributed by atoms with Crippen LogP contribution in [0.1, 0.15) is 30.0 Å². The van der Waals surface area contributed by atoms with Gasteiger partial charge in [0.1, 0.15) is 6.61 Å². The molecule has 1 N–H and O–H groups in total. The van der Waals surface area contributed by atoms with E-state index in [-0.39, 0.29) is 5.91 Å². The zero-order valence-electron chi connectivity index (χ0n) is 17.3. The van der Waals surface area contributed by atoms with E-state index in [2.05, 4.69) is 10.5 Å². The van der Waals surface area contributed by atoms with Crippen molar-refractivity contribution in [3.05, 3.63) is 95.6 Å². The van der Waals surface area contributed by atoms with Crippen LogP contribution in [0.2, 0.25) is 0 Å². The highest BCUT2D eigenvalue weighted by Gasteiger charge is 2.09. The number of aryl methyl sites for hydroxylation is 1. The molecule has 0 aromatic heterocycles. The monoisotopic (exact) mass is 402 g/mol. The van der Waals surface area contributed by atoms with Crippen LogP contribution in [-0.4, -0.2) is 18.7 Å². The van der Waals surface area contributed by atoms with Crippen molar-refractivity contribution < 1.29 is 14.3 Å². The van der Waals surface area contributed by atoms with Gasteiger partial charge in [-0.3, -0.25) is 4.79 Å². The highest BCUT2D eigenvalue weighted by molar-refractivity contribution is 5.99. The van der Waals surface area contributed by atoms with E-state index in [0.29, 0.717) is 36.7 Å². The van der Waals surface area contributed by atoms with Gasteiger partial charge in [-0.15, -0.1) is 0 Å². The quantitative estimate of drug-likeness (QED) is 0.415. The molecule has 0 aliphatic carbocycles. The van der Waals surface area contributed by atoms with E-state index in [1.165, 1.54) is 0 Å². The highest BCUT2D eigenvalue weighted by Crippen LogP contribution is 2.29. The summed E-state index contributed by atoms with van der Waals surface area (Å²) in [6, 6.07) is 25.5. The Hall–Kier alpha value is -3.60. The number of methoxy groups -OCH3 is 1. The number of benzene rings is 3. The molecule has 0 unspecified atom stereocenters. The molecule has 0 heterocycles. The van der Waals surface area contributed by atoms with Crippen LogP contribution in [0.25, 0.3) is 0 Å². The third kappa shape index (κ3) is 6.21. The first-order chi connectivity index (χ1) is 14.7. The van der Waals surface area contributed by atoms with Crippen molar-refractivity contribution in [1.82, 2.24) is 5.43 Å². The molecule has 0 fully saturated rings. The SMILES string of the molecule is COc1cc(C(C)=NNC(=O)CCc2ccccc2)ccc1OCc1ccccc1. The van der Waals surface area contributed by atoms with E-state index >= 15 is 0 Å². The lowest BCUT2D eigenvalue weighted by molar-refractivity contribution is -0.121. The number of rotatable bonds is 9. The summed E-state index contributed by atoms with van der Waals surface area (Å²) in [5.74, 6) is 1.16. The lowest BCUT2D eigenvalue weighted by Gasteiger charge is -2.12. The molecular weight excluding hydrogens is 376 g/mol. The van der Waals surface area contributed by atoms with E-state index in [4.69, 9.17) is 9.47 Å². The lowest BCUT2D eigenvalue weighted by atomic mass is 10.1. The second-order valence-corrected chi connectivity index (χ2v) is 6.86. The molecule has 3 aromatic carbocycles. The molecule has 30 heavy (non-hydrogen) atoms. The maximum absolute atomic E-state index is 12.1. The van der Waals surface area contributed by atoms with Crippen molar-refractivity contribution in [3.8, 4) is 11.5 Å². The second-order valence-electron chi connectivity index (χ2n) is 6.86. The molecule has 0 aliphatic rings. The van der Waals surface area contributed by atoms with Gasteiger partial charge in [-0.2, -0.15) is 5.10 Å². The average Bonchev–Trinajstić information content (AvgIpc) is 2.81. The number of ether oxygens (including phenoxy) is 2. The standard InChI is InChI=1S/C25H26N2O3/c1-19(26-27-25(28)16-13-20-9-5-3-6-10-20)22-14-15-23(24(17-22)29-2)30-18-21-11-7-4-8-12-21/h3-12,14-15,17H,13,16,18H2,1-2H3,(H,27,28). The minimum absolute atomic E-state index is 0.118. The molecule has 5 nitrogen and oxygen atoms in total. The number of carbonyl (C=O) groups excluding carboxylic acids is 1. The van der Waals surface area contributed by atoms with E-state index in [9.17, 15) is 4.79 Å². The fraction of sp³-hybridized carbons (Fsp3) is 0.200. The van der Waals surface area contributed by atoms with Gasteiger partial charge in [0.05, 0.1) is 12.8 Å². The topological polar surface area (TPSA) is 59.9 Å². The maximum atomic E-state index is 12.1. The Bertz CT molecular complexity index is 986. The van der Waals surface area contributed by atoms with E-state index in [1.54, 1.807) is 7.11 Å². The average molecular weight is 402 g/mol. The maximum Gasteiger partial charge on any atom is 0.240 e. The smallest absolute Gasteiger partial charge is 0.240 e. The van der Waals surface area contributed by atoms with Crippen LogP contribution in [0.5, 0.6) is 11.5 Å². The van der Waals surface area contributed by atoms with Crippen LogP contribution in [0.15, 0.2) is 84.0 Å². The van der Waals surface area contributed by atoms with E-state index < -0.39 is 0 Å². The number of nitrogens with zero attached hydrogens (tertiary/aromatic N) is 1. The number of amides is 1. The Balaban J connectivity index is 1.58. The molecule has 1 amide bonds. The van der Waals surface area contributed by atoms with Crippen molar-refractivity contribution in [2.24, 2.45) is 5.10 Å². The Morgan fingerprint density at radius 1 is 0.900 bits per heavy atom. The predicted molar refractivity (Wildman–Crippen MR) is 119 cm³/mol. The summed E-state index contributed by atoms with van der Waals surface area (Å²) in [5, 5.41) is 4.23. The third-order valence-corrected chi connectivity index (χ3v) is 4.65. The first-order valence-electron chi connectivity index (χ1n) is 9.88. The largest absolute Gasteiger partial charge is 0.493 e. The molecular formula is C25H26N2O3. The van der Waals surface area contributed by atoms with Gasteiger partial charge in [0.25, 0.3) is 0 Å². The summed E-state index contributed by atoms with van der Waals surface area (Å²) in [6.45, 7) is 2.30. The number of hydrogen-bond acceptors (Lipinski definition) is 4. The van der Waals surface area contributed by atoms with Gasteiger partial charge in [0.15, 0.2) is 11.5 Å². The van der Waals surface area contributed by atoms with Crippen LogP contribution < -0.4 is 14.9 Å². The first kappa shape index (κ1) is 21.1. The van der Waals surface area contributed by atoms with Crippen LogP contribution in [-0.2, 0) is 17.8 Å². The van der Waals surface area contributed by atoms with E-state index in [1.807, 2.05) is 85.8 Å². The van der Waals surface area contributed by atoms with Gasteiger partial charge in [-0.25, -0.2) is 5.43 Å². The van der Waals surface area contributed by atoms with E-state index in [0.717, 1.165) is 16.7 Å². The van der Waals surface area contributed by atoms with Crippen LogP contribution in [0.3, 0.4) is 0 Å². The fourth-order valence-electron chi connectivity index (χ4n) is 2.92. The summed E-state index contributed by atoms with van der Waals surface area (Å²) in [4.78, 5) is 12.1. The van der Waals surface area contributed by atoms with Gasteiger partial charge in [-0.05, 0) is 42.7 Å². The zero-order valence-corrected chi connectivity index (χ0v) is 17.3. The second kappa shape index (κ2) is 10.8. The summed E-state index contributed by atoms with van der Waals surface area (Å²) in [6.07, 6.45) is 1.07. The van der Waals surface area contributed by atoms with Crippen molar-refractivity contribution in [1.29, 1.82) is 0 Å². The molecule has 0 bridgehead atoms. The Morgan fingerprint density at radius 2 is 1.57 bits per heavy atom. The minimum Gasteiger partial charge on any atom is -0.493 e. The minimum atomic E-state index is -0.118. The molecule has 0 radical (unpaired) electrons. The van der Waals surface area contributed by atoms with Crippen molar-refractivity contribution in [2.75, 3.05) is 7.11 Å². The third-order valence-electron chi connectivity index (χ3n) is 4.65. The normalized spacial score (nSPS) is 11.1. The fourth-order valence-corrected chi connectivity index (χ4v) is 2.92. The summed E-state index contributed by atoms with van der Waals surface area (Å²) in [7, 11) is 1.60. The highest BCUT2D eigenvalue weighted by atomic mass is 16.5. The van der Waals surface area contributed by atoms with Crippen molar-refractivity contribution in [3.63, 3.8) is 0 Å². The number of hydrazone groups is 1. The lowest BCUT2D eigenvalue weighted by Crippen LogP contribution is -2.19. The Labute approximate surface area is 177 Å². The number of nitrogens with one attached hydrogen (secondary N) is 1. The zero-order chi connectivity index (χ0) is 21.2. The van der Waals surface area contributed by atoms with Gasteiger partial charge < -0.3 is 9.47 Å². The van der Waals surface area contributed by atoms with Crippen LogP contribution in [0.4, 0.5) is 0 Å². The van der Waals surface area contributed by atoms with Crippen molar-refractivity contribution in [2.45, 2.75) is 26.4 Å². The van der Waals surface area contributed by atoms with Crippen LogP contribution in [0, 0.1) is 0 Å². The van der Waals surface area contributed by atoms with Crippen molar-refractivity contribution >= 4 is 11.6 Å². The van der Waals surface area contributed by atoms with Gasteiger partial charge in [-0.1, -0.05) is 60.7 Å². The van der Waals surface area contributed by atoms with Gasteiger partial charge >= 0.3 is 0 Å². The molecule has 0 saturated carbocycles. The Kier molecular flexibility index (Phi) is 7.61.